The largest absolute Gasteiger partial charge is 0.481 e. The van der Waals surface area contributed by atoms with Gasteiger partial charge in [0.25, 0.3) is 0 Å². The van der Waals surface area contributed by atoms with Gasteiger partial charge in [-0.1, -0.05) is 0 Å². The van der Waals surface area contributed by atoms with Gasteiger partial charge in [-0.05, 0) is 0 Å². The van der Waals surface area contributed by atoms with Crippen LogP contribution in [0.2, 0.25) is 0 Å². The predicted octanol–water partition coefficient (Wildman–Crippen LogP) is 0.0940. The van der Waals surface area contributed by atoms with Crippen molar-refractivity contribution < 1.29 is 19.5 Å². The molecule has 1 saturated heterocycles. The number of carboxylic acid groups (broad SMARTS) is 1. The Kier molecular flexibility index (Phi) is 4.73. The number of carboxylic acids is 1. The van der Waals surface area contributed by atoms with Crippen LogP contribution in [0, 0.1) is 0 Å². The molecule has 0 saturated carbocycles. The van der Waals surface area contributed by atoms with E-state index in [-0.39, 0.29) is 29.8 Å². The molecule has 0 spiro atoms. The maximum Gasteiger partial charge on any atom is 0.309 e. The van der Waals surface area contributed by atoms with Crippen LogP contribution in [0.25, 0.3) is 0 Å². The molecule has 1 aromatic rings. The highest BCUT2D eigenvalue weighted by Crippen LogP contribution is 2.31. The molecule has 1 aromatic heterocycles. The van der Waals surface area contributed by atoms with Crippen LogP contribution in [-0.4, -0.2) is 45.4 Å². The first-order valence-corrected chi connectivity index (χ1v) is 7.80. The number of nitrogens with two attached hydrogens (primary N) is 1. The van der Waals surface area contributed by atoms with Crippen molar-refractivity contribution in [3.05, 3.63) is 11.1 Å². The van der Waals surface area contributed by atoms with E-state index in [0.29, 0.717) is 18.0 Å². The quantitative estimate of drug-likeness (QED) is 0.715. The van der Waals surface area contributed by atoms with Gasteiger partial charge in [-0.15, -0.1) is 23.1 Å². The molecule has 20 heavy (non-hydrogen) atoms. The summed E-state index contributed by atoms with van der Waals surface area (Å²) in [6.07, 6.45) is -0.0879. The van der Waals surface area contributed by atoms with Gasteiger partial charge in [0.05, 0.1) is 17.4 Å². The number of amides is 2. The molecule has 1 atom stereocenters. The lowest BCUT2D eigenvalue weighted by molar-refractivity contribution is -0.136. The number of thiazole rings is 1. The zero-order valence-electron chi connectivity index (χ0n) is 10.4. The summed E-state index contributed by atoms with van der Waals surface area (Å²) in [5, 5.41) is 10.1. The number of anilines is 1. The van der Waals surface area contributed by atoms with Gasteiger partial charge < -0.3 is 10.8 Å². The number of imide groups is 1. The summed E-state index contributed by atoms with van der Waals surface area (Å²) in [6, 6.07) is 0. The molecule has 108 valence electrons. The van der Waals surface area contributed by atoms with E-state index in [1.54, 1.807) is 5.38 Å². The van der Waals surface area contributed by atoms with E-state index in [9.17, 15) is 14.4 Å². The van der Waals surface area contributed by atoms with Crippen molar-refractivity contribution in [3.63, 3.8) is 0 Å². The summed E-state index contributed by atoms with van der Waals surface area (Å²) >= 11 is 2.46. The summed E-state index contributed by atoms with van der Waals surface area (Å²) in [5.41, 5.74) is 5.73. The zero-order valence-corrected chi connectivity index (χ0v) is 12.1. The summed E-state index contributed by atoms with van der Waals surface area (Å²) in [6.45, 7) is 0.447. The Morgan fingerprint density at radius 2 is 2.35 bits per heavy atom. The van der Waals surface area contributed by atoms with E-state index < -0.39 is 11.2 Å². The average Bonchev–Trinajstić information content (AvgIpc) is 2.91. The van der Waals surface area contributed by atoms with Crippen LogP contribution in [0.3, 0.4) is 0 Å². The molecule has 1 aliphatic heterocycles. The molecule has 2 rings (SSSR count). The Bertz CT molecular complexity index is 546. The van der Waals surface area contributed by atoms with E-state index in [1.807, 2.05) is 0 Å². The Morgan fingerprint density at radius 1 is 1.60 bits per heavy atom. The van der Waals surface area contributed by atoms with Crippen LogP contribution in [0.15, 0.2) is 5.38 Å². The predicted molar refractivity (Wildman–Crippen MR) is 75.9 cm³/mol. The summed E-state index contributed by atoms with van der Waals surface area (Å²) in [7, 11) is 0. The summed E-state index contributed by atoms with van der Waals surface area (Å²) < 4.78 is 0. The van der Waals surface area contributed by atoms with Gasteiger partial charge in [-0.25, -0.2) is 9.88 Å². The standard InChI is InChI=1S/C11H13N3O4S2/c12-1-2-19-7-4-8(15)14(10(7)18)11-13-6(5-20-11)3-9(16)17/h5,7H,1-4,12H2,(H,16,17). The van der Waals surface area contributed by atoms with Crippen molar-refractivity contribution in [2.24, 2.45) is 5.73 Å². The smallest absolute Gasteiger partial charge is 0.309 e. The molecule has 9 heteroatoms. The molecular formula is C11H13N3O4S2. The minimum Gasteiger partial charge on any atom is -0.481 e. The van der Waals surface area contributed by atoms with Crippen LogP contribution >= 0.6 is 23.1 Å². The summed E-state index contributed by atoms with van der Waals surface area (Å²) in [5.74, 6) is -0.998. The third-order valence-corrected chi connectivity index (χ3v) is 4.72. The molecule has 2 amide bonds. The van der Waals surface area contributed by atoms with Crippen LogP contribution < -0.4 is 10.6 Å². The molecule has 0 aliphatic carbocycles. The Morgan fingerprint density at radius 3 is 3.00 bits per heavy atom. The third-order valence-electron chi connectivity index (χ3n) is 2.61. The fourth-order valence-electron chi connectivity index (χ4n) is 1.78. The molecule has 0 aromatic carbocycles. The highest BCUT2D eigenvalue weighted by atomic mass is 32.2. The topological polar surface area (TPSA) is 114 Å². The van der Waals surface area contributed by atoms with Gasteiger partial charge in [-0.2, -0.15) is 0 Å². The minimum atomic E-state index is -1.00. The molecule has 1 unspecified atom stereocenters. The molecule has 0 bridgehead atoms. The second-order valence-corrected chi connectivity index (χ2v) is 6.26. The first-order valence-electron chi connectivity index (χ1n) is 5.87. The Hall–Kier alpha value is -1.45. The van der Waals surface area contributed by atoms with E-state index >= 15 is 0 Å². The number of aliphatic carboxylic acids is 1. The number of hydrogen-bond acceptors (Lipinski definition) is 7. The van der Waals surface area contributed by atoms with Crippen molar-refractivity contribution >= 4 is 46.0 Å². The third kappa shape index (κ3) is 3.17. The van der Waals surface area contributed by atoms with Gasteiger partial charge in [0, 0.05) is 24.1 Å². The van der Waals surface area contributed by atoms with Gasteiger partial charge in [0.1, 0.15) is 0 Å². The van der Waals surface area contributed by atoms with E-state index in [2.05, 4.69) is 4.98 Å². The number of nitrogens with zero attached hydrogens (tertiary/aromatic N) is 2. The van der Waals surface area contributed by atoms with E-state index in [0.717, 1.165) is 16.2 Å². The number of carbonyl (C=O) groups excluding carboxylic acids is 2. The molecule has 2 heterocycles. The minimum absolute atomic E-state index is 0.136. The van der Waals surface area contributed by atoms with Crippen LogP contribution in [0.5, 0.6) is 0 Å². The van der Waals surface area contributed by atoms with Crippen molar-refractivity contribution in [1.82, 2.24) is 4.98 Å². The molecular weight excluding hydrogens is 302 g/mol. The molecule has 0 radical (unpaired) electrons. The SMILES string of the molecule is NCCSC1CC(=O)N(c2nc(CC(=O)O)cs2)C1=O. The highest BCUT2D eigenvalue weighted by Gasteiger charge is 2.41. The van der Waals surface area contributed by atoms with Crippen molar-refractivity contribution in [2.45, 2.75) is 18.1 Å². The van der Waals surface area contributed by atoms with Gasteiger partial charge in [0.2, 0.25) is 11.8 Å². The maximum absolute atomic E-state index is 12.1. The maximum atomic E-state index is 12.1. The van der Waals surface area contributed by atoms with E-state index in [4.69, 9.17) is 10.8 Å². The van der Waals surface area contributed by atoms with E-state index in [1.165, 1.54) is 11.8 Å². The number of rotatable bonds is 6. The number of hydrogen-bond donors (Lipinski definition) is 2. The lowest BCUT2D eigenvalue weighted by atomic mass is 10.3. The first kappa shape index (κ1) is 14.9. The Labute approximate surface area is 123 Å². The van der Waals surface area contributed by atoms with Crippen molar-refractivity contribution in [1.29, 1.82) is 0 Å². The number of carbonyl (C=O) groups is 3. The fraction of sp³-hybridized carbons (Fsp3) is 0.455. The zero-order chi connectivity index (χ0) is 14.7. The Balaban J connectivity index is 2.11. The fourth-order valence-corrected chi connectivity index (χ4v) is 3.55. The molecule has 1 aliphatic rings. The summed E-state index contributed by atoms with van der Waals surface area (Å²) in [4.78, 5) is 39.7. The lowest BCUT2D eigenvalue weighted by Crippen LogP contribution is -2.31. The normalized spacial score (nSPS) is 18.9. The monoisotopic (exact) mass is 315 g/mol. The van der Waals surface area contributed by atoms with Gasteiger partial charge in [0.15, 0.2) is 5.13 Å². The lowest BCUT2D eigenvalue weighted by Gasteiger charge is -2.10. The second-order valence-electron chi connectivity index (χ2n) is 4.11. The van der Waals surface area contributed by atoms with Crippen LogP contribution in [0.4, 0.5) is 5.13 Å². The first-order chi connectivity index (χ1) is 9.52. The van der Waals surface area contributed by atoms with Crippen LogP contribution in [0.1, 0.15) is 12.1 Å². The van der Waals surface area contributed by atoms with Crippen LogP contribution in [-0.2, 0) is 20.8 Å². The molecule has 3 N–H and O–H groups in total. The highest BCUT2D eigenvalue weighted by molar-refractivity contribution is 8.00. The van der Waals surface area contributed by atoms with Crippen molar-refractivity contribution in [2.75, 3.05) is 17.2 Å². The average molecular weight is 315 g/mol. The van der Waals surface area contributed by atoms with Gasteiger partial charge in [-0.3, -0.25) is 14.4 Å². The van der Waals surface area contributed by atoms with Crippen molar-refractivity contribution in [3.8, 4) is 0 Å². The second kappa shape index (κ2) is 6.33. The number of aromatic nitrogens is 1. The molecule has 1 fully saturated rings. The number of thioether (sulfide) groups is 1. The molecule has 7 nitrogen and oxygen atoms in total. The van der Waals surface area contributed by atoms with Gasteiger partial charge >= 0.3 is 5.97 Å².